The van der Waals surface area contributed by atoms with Gasteiger partial charge in [-0.1, -0.05) is 38.5 Å². The fraction of sp³-hybridized carbons (Fsp3) is 0.526. The Labute approximate surface area is 138 Å². The fourth-order valence-electron chi connectivity index (χ4n) is 2.75. The van der Waals surface area contributed by atoms with Gasteiger partial charge in [-0.25, -0.2) is 0 Å². The van der Waals surface area contributed by atoms with Crippen LogP contribution in [0.4, 0.5) is 0 Å². The molecule has 1 heterocycles. The zero-order chi connectivity index (χ0) is 17.0. The predicted octanol–water partition coefficient (Wildman–Crippen LogP) is 3.72. The van der Waals surface area contributed by atoms with Gasteiger partial charge in [-0.05, 0) is 19.4 Å². The summed E-state index contributed by atoms with van der Waals surface area (Å²) in [7, 11) is 1.84. The van der Waals surface area contributed by atoms with E-state index in [1.165, 1.54) is 0 Å². The van der Waals surface area contributed by atoms with Gasteiger partial charge < -0.3 is 15.1 Å². The number of para-hydroxylation sites is 1. The molecule has 2 aromatic rings. The number of hydrogen-bond donors (Lipinski definition) is 1. The minimum absolute atomic E-state index is 0.0757. The lowest BCUT2D eigenvalue weighted by Gasteiger charge is -2.23. The number of carbonyl (C=O) groups is 1. The molecule has 23 heavy (non-hydrogen) atoms. The number of hydrogen-bond acceptors (Lipinski definition) is 3. The predicted molar refractivity (Wildman–Crippen MR) is 94.1 cm³/mol. The van der Waals surface area contributed by atoms with Crippen molar-refractivity contribution in [3.8, 4) is 0 Å². The van der Waals surface area contributed by atoms with Gasteiger partial charge in [-0.15, -0.1) is 0 Å². The lowest BCUT2D eigenvalue weighted by Crippen LogP contribution is -2.39. The molecule has 0 radical (unpaired) electrons. The molecule has 2 rings (SSSR count). The van der Waals surface area contributed by atoms with Crippen LogP contribution in [-0.4, -0.2) is 23.9 Å². The van der Waals surface area contributed by atoms with E-state index in [9.17, 15) is 4.79 Å². The van der Waals surface area contributed by atoms with Crippen LogP contribution in [0.5, 0.6) is 0 Å². The van der Waals surface area contributed by atoms with Gasteiger partial charge in [0.25, 0.3) is 0 Å². The number of nitrogens with zero attached hydrogens (tertiary/aromatic N) is 1. The fourth-order valence-corrected chi connectivity index (χ4v) is 2.75. The Hall–Kier alpha value is -1.81. The number of furan rings is 1. The highest BCUT2D eigenvalue weighted by atomic mass is 16.3. The summed E-state index contributed by atoms with van der Waals surface area (Å²) in [6, 6.07) is 7.90. The summed E-state index contributed by atoms with van der Waals surface area (Å²) in [4.78, 5) is 14.3. The van der Waals surface area contributed by atoms with E-state index in [4.69, 9.17) is 10.2 Å². The Morgan fingerprint density at radius 1 is 1.30 bits per heavy atom. The first-order valence-corrected chi connectivity index (χ1v) is 8.45. The van der Waals surface area contributed by atoms with Crippen LogP contribution in [-0.2, 0) is 17.8 Å². The van der Waals surface area contributed by atoms with Crippen LogP contribution in [0.25, 0.3) is 11.0 Å². The summed E-state index contributed by atoms with van der Waals surface area (Å²) >= 11 is 0. The van der Waals surface area contributed by atoms with E-state index in [0.717, 1.165) is 41.6 Å². The molecule has 0 aliphatic heterocycles. The highest BCUT2D eigenvalue weighted by Gasteiger charge is 2.23. The van der Waals surface area contributed by atoms with Crippen LogP contribution < -0.4 is 5.73 Å². The van der Waals surface area contributed by atoms with Crippen LogP contribution in [0, 0.1) is 5.92 Å². The van der Waals surface area contributed by atoms with Crippen molar-refractivity contribution < 1.29 is 9.21 Å². The van der Waals surface area contributed by atoms with Gasteiger partial charge in [-0.3, -0.25) is 4.79 Å². The summed E-state index contributed by atoms with van der Waals surface area (Å²) in [5.74, 6) is 0.894. The second-order valence-electron chi connectivity index (χ2n) is 6.45. The zero-order valence-electron chi connectivity index (χ0n) is 14.6. The number of aryl methyl sites for hydroxylation is 1. The molecule has 1 aromatic carbocycles. The van der Waals surface area contributed by atoms with Crippen molar-refractivity contribution in [2.45, 2.75) is 52.6 Å². The molecule has 4 nitrogen and oxygen atoms in total. The van der Waals surface area contributed by atoms with Gasteiger partial charge in [-0.2, -0.15) is 0 Å². The third-order valence-corrected chi connectivity index (χ3v) is 4.49. The highest BCUT2D eigenvalue weighted by molar-refractivity contribution is 5.84. The van der Waals surface area contributed by atoms with E-state index in [1.54, 1.807) is 4.90 Å². The number of unbranched alkanes of at least 4 members (excludes halogenated alkanes) is 1. The van der Waals surface area contributed by atoms with Crippen LogP contribution >= 0.6 is 0 Å². The molecule has 0 saturated carbocycles. The first-order valence-electron chi connectivity index (χ1n) is 8.45. The molecule has 126 valence electrons. The highest BCUT2D eigenvalue weighted by Crippen LogP contribution is 2.28. The van der Waals surface area contributed by atoms with Gasteiger partial charge in [0, 0.05) is 37.0 Å². The molecular weight excluding hydrogens is 288 g/mol. The van der Waals surface area contributed by atoms with E-state index in [-0.39, 0.29) is 17.9 Å². The van der Waals surface area contributed by atoms with Crippen molar-refractivity contribution >= 4 is 16.9 Å². The second kappa shape index (κ2) is 7.64. The van der Waals surface area contributed by atoms with Gasteiger partial charge in [0.1, 0.15) is 11.3 Å². The average Bonchev–Trinajstić information content (AvgIpc) is 2.89. The molecule has 2 N–H and O–H groups in total. The summed E-state index contributed by atoms with van der Waals surface area (Å²) in [5, 5.41) is 1.10. The maximum atomic E-state index is 12.5. The summed E-state index contributed by atoms with van der Waals surface area (Å²) in [6.07, 6.45) is 3.11. The Morgan fingerprint density at radius 3 is 2.65 bits per heavy atom. The normalized spacial score (nSPS) is 14.0. The first-order chi connectivity index (χ1) is 11.0. The molecule has 1 amide bonds. The number of nitrogens with two attached hydrogens (primary N) is 1. The number of amides is 1. The lowest BCUT2D eigenvalue weighted by molar-refractivity contribution is -0.134. The Morgan fingerprint density at radius 2 is 2.00 bits per heavy atom. The topological polar surface area (TPSA) is 59.5 Å². The largest absolute Gasteiger partial charge is 0.461 e. The lowest BCUT2D eigenvalue weighted by atomic mass is 10.0. The maximum absolute atomic E-state index is 12.5. The van der Waals surface area contributed by atoms with Gasteiger partial charge in [0.15, 0.2) is 0 Å². The Bertz CT molecular complexity index is 660. The Balaban J connectivity index is 2.28. The number of rotatable bonds is 7. The van der Waals surface area contributed by atoms with E-state index in [0.29, 0.717) is 6.54 Å². The molecule has 0 aliphatic carbocycles. The molecule has 0 spiro atoms. The van der Waals surface area contributed by atoms with Crippen molar-refractivity contribution in [2.75, 3.05) is 7.05 Å². The molecule has 2 atom stereocenters. The van der Waals surface area contributed by atoms with Crippen molar-refractivity contribution in [1.29, 1.82) is 0 Å². The maximum Gasteiger partial charge on any atom is 0.226 e. The average molecular weight is 316 g/mol. The van der Waals surface area contributed by atoms with Gasteiger partial charge in [0.2, 0.25) is 5.91 Å². The smallest absolute Gasteiger partial charge is 0.226 e. The van der Waals surface area contributed by atoms with E-state index >= 15 is 0 Å². The van der Waals surface area contributed by atoms with Crippen LogP contribution in [0.2, 0.25) is 0 Å². The quantitative estimate of drug-likeness (QED) is 0.847. The molecule has 1 aromatic heterocycles. The van der Waals surface area contributed by atoms with E-state index in [2.05, 4.69) is 13.0 Å². The van der Waals surface area contributed by atoms with E-state index in [1.807, 2.05) is 39.1 Å². The third-order valence-electron chi connectivity index (χ3n) is 4.49. The molecule has 2 unspecified atom stereocenters. The molecule has 0 bridgehead atoms. The summed E-state index contributed by atoms with van der Waals surface area (Å²) in [5.41, 5.74) is 7.89. The summed E-state index contributed by atoms with van der Waals surface area (Å²) < 4.78 is 6.03. The molecular formula is C19H28N2O2. The minimum atomic E-state index is -0.183. The SMILES string of the molecule is CCCCc1oc2ccccc2c1CN(C)C(=O)C(C)C(C)N. The Kier molecular flexibility index (Phi) is 5.83. The molecule has 4 heteroatoms. The summed E-state index contributed by atoms with van der Waals surface area (Å²) in [6.45, 7) is 6.49. The zero-order valence-corrected chi connectivity index (χ0v) is 14.6. The second-order valence-corrected chi connectivity index (χ2v) is 6.45. The monoisotopic (exact) mass is 316 g/mol. The number of fused-ring (bicyclic) bond motifs is 1. The minimum Gasteiger partial charge on any atom is -0.461 e. The van der Waals surface area contributed by atoms with Crippen molar-refractivity contribution in [3.63, 3.8) is 0 Å². The van der Waals surface area contributed by atoms with Crippen molar-refractivity contribution in [3.05, 3.63) is 35.6 Å². The van der Waals surface area contributed by atoms with Crippen LogP contribution in [0.1, 0.15) is 44.9 Å². The molecule has 0 fully saturated rings. The third kappa shape index (κ3) is 3.94. The van der Waals surface area contributed by atoms with Crippen LogP contribution in [0.3, 0.4) is 0 Å². The van der Waals surface area contributed by atoms with Crippen molar-refractivity contribution in [2.24, 2.45) is 11.7 Å². The van der Waals surface area contributed by atoms with Crippen molar-refractivity contribution in [1.82, 2.24) is 4.90 Å². The van der Waals surface area contributed by atoms with Crippen LogP contribution in [0.15, 0.2) is 28.7 Å². The van der Waals surface area contributed by atoms with Gasteiger partial charge in [0.05, 0.1) is 5.92 Å². The molecule has 0 saturated heterocycles. The molecule has 0 aliphatic rings. The number of benzene rings is 1. The van der Waals surface area contributed by atoms with E-state index < -0.39 is 0 Å². The number of carbonyl (C=O) groups excluding carboxylic acids is 1. The standard InChI is InChI=1S/C19H28N2O2/c1-5-6-10-18-16(15-9-7-8-11-17(15)23-18)12-21(4)19(22)13(2)14(3)20/h7-9,11,13-14H,5-6,10,12,20H2,1-4H3. The van der Waals surface area contributed by atoms with Gasteiger partial charge >= 0.3 is 0 Å². The first kappa shape index (κ1) is 17.5.